The Hall–Kier alpha value is -2.92. The maximum absolute atomic E-state index is 12.8. The molecule has 0 saturated carbocycles. The molecule has 62 heavy (non-hydrogen) atoms. The summed E-state index contributed by atoms with van der Waals surface area (Å²) in [5.74, 6) is -0.462. The number of carbonyl (C=O) groups is 2. The van der Waals surface area contributed by atoms with E-state index in [0.29, 0.717) is 19.4 Å². The molecule has 0 heterocycles. The molecule has 0 N–H and O–H groups in total. The lowest BCUT2D eigenvalue weighted by atomic mass is 10.0. The van der Waals surface area contributed by atoms with Crippen molar-refractivity contribution in [2.24, 2.45) is 0 Å². The number of carbonyl (C=O) groups excluding carboxylic acids is 2. The lowest BCUT2D eigenvalue weighted by molar-refractivity contribution is -0.163. The standard InChI is InChI=1S/C57H98O5/c1-4-7-10-13-16-19-22-25-28-31-34-37-40-43-46-49-52-60-53-55(62-57(59)51-48-45-42-39-36-33-30-27-24-21-18-15-12-9-6-3)54-61-56(58)50-47-44-41-38-35-32-29-26-23-20-17-14-11-8-5-2/h8-9,11-12,17-18,20-21,26-27,29-30,35,38,55H,4-7,10,13-16,19,22-25,28,31-34,36-37,39-54H2,1-3H3/b11-8-,12-9-,20-17-,21-18-,29-26-,30-27-,38-35-/t55-/m1/s1. The fourth-order valence-corrected chi connectivity index (χ4v) is 7.10. The van der Waals surface area contributed by atoms with Crippen molar-refractivity contribution in [2.45, 2.75) is 245 Å². The van der Waals surface area contributed by atoms with Gasteiger partial charge in [0.05, 0.1) is 6.61 Å². The summed E-state index contributed by atoms with van der Waals surface area (Å²) in [4.78, 5) is 25.4. The molecule has 0 aromatic carbocycles. The molecule has 0 spiro atoms. The molecule has 0 amide bonds. The van der Waals surface area contributed by atoms with Crippen LogP contribution in [0, 0.1) is 0 Å². The molecule has 0 aliphatic carbocycles. The van der Waals surface area contributed by atoms with Gasteiger partial charge in [0, 0.05) is 19.4 Å². The van der Waals surface area contributed by atoms with E-state index in [4.69, 9.17) is 14.2 Å². The highest BCUT2D eigenvalue weighted by atomic mass is 16.6. The summed E-state index contributed by atoms with van der Waals surface area (Å²) in [6.07, 6.45) is 68.8. The van der Waals surface area contributed by atoms with Gasteiger partial charge in [-0.05, 0) is 89.9 Å². The van der Waals surface area contributed by atoms with Crippen molar-refractivity contribution < 1.29 is 23.8 Å². The molecule has 0 fully saturated rings. The van der Waals surface area contributed by atoms with E-state index in [1.54, 1.807) is 0 Å². The average molecular weight is 863 g/mol. The predicted molar refractivity (Wildman–Crippen MR) is 270 cm³/mol. The molecule has 0 radical (unpaired) electrons. The van der Waals surface area contributed by atoms with Crippen LogP contribution in [0.3, 0.4) is 0 Å². The molecule has 0 rings (SSSR count). The molecule has 0 unspecified atom stereocenters. The minimum Gasteiger partial charge on any atom is -0.462 e. The van der Waals surface area contributed by atoms with E-state index in [1.165, 1.54) is 103 Å². The van der Waals surface area contributed by atoms with Crippen LogP contribution in [0.5, 0.6) is 0 Å². The van der Waals surface area contributed by atoms with Crippen LogP contribution in [0.25, 0.3) is 0 Å². The molecule has 0 aromatic rings. The maximum Gasteiger partial charge on any atom is 0.306 e. The van der Waals surface area contributed by atoms with Gasteiger partial charge in [-0.3, -0.25) is 9.59 Å². The van der Waals surface area contributed by atoms with E-state index < -0.39 is 6.10 Å². The second kappa shape index (κ2) is 52.4. The lowest BCUT2D eigenvalue weighted by Gasteiger charge is -2.18. The molecule has 0 aliphatic heterocycles. The normalized spacial score (nSPS) is 12.9. The maximum atomic E-state index is 12.8. The van der Waals surface area contributed by atoms with Gasteiger partial charge in [-0.2, -0.15) is 0 Å². The second-order valence-corrected chi connectivity index (χ2v) is 17.0. The molecule has 0 bridgehead atoms. The van der Waals surface area contributed by atoms with Crippen molar-refractivity contribution in [3.8, 4) is 0 Å². The molecule has 0 saturated heterocycles. The second-order valence-electron chi connectivity index (χ2n) is 17.0. The molecule has 0 aliphatic rings. The Bertz CT molecular complexity index is 1160. The number of hydrogen-bond acceptors (Lipinski definition) is 5. The summed E-state index contributed by atoms with van der Waals surface area (Å²) in [7, 11) is 0. The Labute approximate surface area is 384 Å². The first kappa shape index (κ1) is 59.1. The molecular weight excluding hydrogens is 765 g/mol. The highest BCUT2D eigenvalue weighted by molar-refractivity contribution is 5.70. The summed E-state index contributed by atoms with van der Waals surface area (Å²) < 4.78 is 17.4. The number of unbranched alkanes of at least 4 members (excludes halogenated alkanes) is 22. The van der Waals surface area contributed by atoms with Gasteiger partial charge in [0.2, 0.25) is 0 Å². The molecule has 5 heteroatoms. The van der Waals surface area contributed by atoms with Crippen LogP contribution in [0.4, 0.5) is 0 Å². The Morgan fingerprint density at radius 3 is 1.19 bits per heavy atom. The van der Waals surface area contributed by atoms with E-state index in [-0.39, 0.29) is 25.2 Å². The third-order valence-corrected chi connectivity index (χ3v) is 10.9. The van der Waals surface area contributed by atoms with Crippen LogP contribution >= 0.6 is 0 Å². The topological polar surface area (TPSA) is 61.8 Å². The van der Waals surface area contributed by atoms with E-state index in [1.807, 2.05) is 0 Å². The minimum absolute atomic E-state index is 0.0552. The number of rotatable bonds is 47. The van der Waals surface area contributed by atoms with Crippen molar-refractivity contribution in [1.29, 1.82) is 0 Å². The summed E-state index contributed by atoms with van der Waals surface area (Å²) in [5, 5.41) is 0. The average Bonchev–Trinajstić information content (AvgIpc) is 3.27. The zero-order valence-electron chi connectivity index (χ0n) is 40.9. The monoisotopic (exact) mass is 863 g/mol. The fourth-order valence-electron chi connectivity index (χ4n) is 7.10. The van der Waals surface area contributed by atoms with Gasteiger partial charge in [0.1, 0.15) is 6.61 Å². The van der Waals surface area contributed by atoms with Gasteiger partial charge >= 0.3 is 11.9 Å². The van der Waals surface area contributed by atoms with E-state index in [0.717, 1.165) is 103 Å². The van der Waals surface area contributed by atoms with Gasteiger partial charge in [0.25, 0.3) is 0 Å². The van der Waals surface area contributed by atoms with Gasteiger partial charge in [0.15, 0.2) is 6.10 Å². The first-order chi connectivity index (χ1) is 30.6. The molecular formula is C57H98O5. The summed E-state index contributed by atoms with van der Waals surface area (Å²) in [5.41, 5.74) is 0. The predicted octanol–water partition coefficient (Wildman–Crippen LogP) is 17.7. The molecule has 5 nitrogen and oxygen atoms in total. The highest BCUT2D eigenvalue weighted by Crippen LogP contribution is 2.15. The first-order valence-corrected chi connectivity index (χ1v) is 26.1. The molecule has 0 aromatic heterocycles. The zero-order valence-corrected chi connectivity index (χ0v) is 40.9. The van der Waals surface area contributed by atoms with E-state index in [2.05, 4.69) is 106 Å². The van der Waals surface area contributed by atoms with Crippen LogP contribution in [0.2, 0.25) is 0 Å². The van der Waals surface area contributed by atoms with E-state index >= 15 is 0 Å². The number of hydrogen-bond donors (Lipinski definition) is 0. The summed E-state index contributed by atoms with van der Waals surface area (Å²) >= 11 is 0. The third-order valence-electron chi connectivity index (χ3n) is 10.9. The van der Waals surface area contributed by atoms with Crippen LogP contribution in [-0.4, -0.2) is 37.9 Å². The Morgan fingerprint density at radius 2 is 0.726 bits per heavy atom. The number of esters is 2. The highest BCUT2D eigenvalue weighted by Gasteiger charge is 2.17. The molecule has 356 valence electrons. The largest absolute Gasteiger partial charge is 0.462 e. The van der Waals surface area contributed by atoms with Gasteiger partial charge < -0.3 is 14.2 Å². The first-order valence-electron chi connectivity index (χ1n) is 26.1. The third kappa shape index (κ3) is 49.7. The van der Waals surface area contributed by atoms with Crippen LogP contribution in [-0.2, 0) is 23.8 Å². The minimum atomic E-state index is -0.564. The Kier molecular flexibility index (Phi) is 50.0. The Morgan fingerprint density at radius 1 is 0.371 bits per heavy atom. The number of allylic oxidation sites excluding steroid dienone is 14. The summed E-state index contributed by atoms with van der Waals surface area (Å²) in [6, 6.07) is 0. The lowest BCUT2D eigenvalue weighted by Crippen LogP contribution is -2.30. The van der Waals surface area contributed by atoms with Gasteiger partial charge in [-0.1, -0.05) is 221 Å². The van der Waals surface area contributed by atoms with Crippen molar-refractivity contribution in [1.82, 2.24) is 0 Å². The quantitative estimate of drug-likeness (QED) is 0.0346. The molecule has 1 atom stereocenters. The van der Waals surface area contributed by atoms with Crippen LogP contribution in [0.1, 0.15) is 239 Å². The summed E-state index contributed by atoms with van der Waals surface area (Å²) in [6.45, 7) is 7.56. The number of ether oxygens (including phenoxy) is 3. The van der Waals surface area contributed by atoms with Gasteiger partial charge in [-0.15, -0.1) is 0 Å². The van der Waals surface area contributed by atoms with Crippen molar-refractivity contribution in [3.05, 3.63) is 85.1 Å². The van der Waals surface area contributed by atoms with E-state index in [9.17, 15) is 9.59 Å². The van der Waals surface area contributed by atoms with Crippen LogP contribution in [0.15, 0.2) is 85.1 Å². The van der Waals surface area contributed by atoms with Crippen molar-refractivity contribution in [3.63, 3.8) is 0 Å². The van der Waals surface area contributed by atoms with Crippen molar-refractivity contribution >= 4 is 11.9 Å². The smallest absolute Gasteiger partial charge is 0.306 e. The zero-order chi connectivity index (χ0) is 44.9. The van der Waals surface area contributed by atoms with Gasteiger partial charge in [-0.25, -0.2) is 0 Å². The van der Waals surface area contributed by atoms with Crippen molar-refractivity contribution in [2.75, 3.05) is 19.8 Å². The van der Waals surface area contributed by atoms with Crippen LogP contribution < -0.4 is 0 Å². The SMILES string of the molecule is CC/C=C\C/C=C\C/C=C\C/C=C\CCCCC(=O)OC[C@@H](COCCCCCCCCCCCCCCCCCC)OC(=O)CCCCCCC/C=C\C/C=C\C/C=C\CC. The Balaban J connectivity index is 4.35. The fraction of sp³-hybridized carbons (Fsp3) is 0.719.